The van der Waals surface area contributed by atoms with Crippen LogP contribution in [0.25, 0.3) is 0 Å². The molecule has 1 N–H and O–H groups in total. The number of rotatable bonds is 5. The van der Waals surface area contributed by atoms with E-state index in [9.17, 15) is 9.59 Å². The molecule has 0 aromatic heterocycles. The summed E-state index contributed by atoms with van der Waals surface area (Å²) in [4.78, 5) is 26.5. The van der Waals surface area contributed by atoms with Crippen molar-refractivity contribution in [2.75, 3.05) is 18.4 Å². The first-order valence-electron chi connectivity index (χ1n) is 7.18. The van der Waals surface area contributed by atoms with Crippen LogP contribution < -0.4 is 5.32 Å². The standard InChI is InChI=1S/C16H19N3O2/c1-3-19(4-2)15(21)16(9-10-16)14(20)18-13-7-5-12(11-17)6-8-13/h5-8H,3-4,9-10H2,1-2H3,(H,18,20). The van der Waals surface area contributed by atoms with Gasteiger partial charge in [0.2, 0.25) is 11.8 Å². The maximum atomic E-state index is 12.4. The minimum Gasteiger partial charge on any atom is -0.342 e. The molecule has 5 heteroatoms. The van der Waals surface area contributed by atoms with Crippen molar-refractivity contribution in [3.05, 3.63) is 29.8 Å². The zero-order valence-corrected chi connectivity index (χ0v) is 12.3. The van der Waals surface area contributed by atoms with E-state index in [2.05, 4.69) is 5.32 Å². The van der Waals surface area contributed by atoms with E-state index in [0.717, 1.165) is 0 Å². The lowest BCUT2D eigenvalue weighted by molar-refractivity contribution is -0.141. The molecule has 1 aromatic carbocycles. The first-order chi connectivity index (χ1) is 10.1. The minimum absolute atomic E-state index is 0.0846. The van der Waals surface area contributed by atoms with Crippen LogP contribution in [0.15, 0.2) is 24.3 Å². The Hall–Kier alpha value is -2.35. The summed E-state index contributed by atoms with van der Waals surface area (Å²) in [5.74, 6) is -0.331. The van der Waals surface area contributed by atoms with E-state index in [1.807, 2.05) is 19.9 Å². The third-order valence-electron chi connectivity index (χ3n) is 3.92. The fourth-order valence-corrected chi connectivity index (χ4v) is 2.36. The number of anilines is 1. The average Bonchev–Trinajstić information content (AvgIpc) is 3.31. The van der Waals surface area contributed by atoms with Crippen molar-refractivity contribution in [2.45, 2.75) is 26.7 Å². The Morgan fingerprint density at radius 2 is 1.81 bits per heavy atom. The lowest BCUT2D eigenvalue weighted by atomic mass is 10.0. The van der Waals surface area contributed by atoms with Crippen molar-refractivity contribution in [1.82, 2.24) is 4.90 Å². The first-order valence-corrected chi connectivity index (χ1v) is 7.18. The number of benzene rings is 1. The van der Waals surface area contributed by atoms with E-state index in [1.165, 1.54) is 0 Å². The molecule has 0 atom stereocenters. The molecule has 110 valence electrons. The lowest BCUT2D eigenvalue weighted by Crippen LogP contribution is -2.42. The summed E-state index contributed by atoms with van der Waals surface area (Å²) in [6, 6.07) is 8.66. The van der Waals surface area contributed by atoms with Crippen LogP contribution in [0.3, 0.4) is 0 Å². The Labute approximate surface area is 124 Å². The average molecular weight is 285 g/mol. The van der Waals surface area contributed by atoms with Gasteiger partial charge in [-0.15, -0.1) is 0 Å². The van der Waals surface area contributed by atoms with Gasteiger partial charge >= 0.3 is 0 Å². The number of amides is 2. The predicted octanol–water partition coefficient (Wildman–Crippen LogP) is 2.15. The molecule has 1 aromatic rings. The van der Waals surface area contributed by atoms with Gasteiger partial charge < -0.3 is 10.2 Å². The van der Waals surface area contributed by atoms with Crippen molar-refractivity contribution >= 4 is 17.5 Å². The molecule has 0 unspecified atom stereocenters. The highest BCUT2D eigenvalue weighted by atomic mass is 16.2. The number of nitrogens with one attached hydrogen (secondary N) is 1. The van der Waals surface area contributed by atoms with E-state index in [0.29, 0.717) is 37.2 Å². The Kier molecular flexibility index (Phi) is 4.27. The van der Waals surface area contributed by atoms with Gasteiger partial charge in [-0.25, -0.2) is 0 Å². The molecule has 1 fully saturated rings. The minimum atomic E-state index is -0.889. The normalized spacial score (nSPS) is 14.9. The molecule has 2 amide bonds. The van der Waals surface area contributed by atoms with Gasteiger partial charge in [-0.2, -0.15) is 5.26 Å². The molecular formula is C16H19N3O2. The highest BCUT2D eigenvalue weighted by Crippen LogP contribution is 2.48. The highest BCUT2D eigenvalue weighted by Gasteiger charge is 2.57. The molecule has 0 bridgehead atoms. The summed E-state index contributed by atoms with van der Waals surface area (Å²) in [5, 5.41) is 11.5. The molecule has 2 rings (SSSR count). The van der Waals surface area contributed by atoms with Gasteiger partial charge in [0, 0.05) is 18.8 Å². The van der Waals surface area contributed by atoms with E-state index < -0.39 is 5.41 Å². The van der Waals surface area contributed by atoms with Crippen LogP contribution in [0.4, 0.5) is 5.69 Å². The molecule has 1 aliphatic rings. The highest BCUT2D eigenvalue weighted by molar-refractivity contribution is 6.13. The number of hydrogen-bond donors (Lipinski definition) is 1. The fourth-order valence-electron chi connectivity index (χ4n) is 2.36. The monoisotopic (exact) mass is 285 g/mol. The first kappa shape index (κ1) is 15.0. The van der Waals surface area contributed by atoms with Gasteiger partial charge in [0.15, 0.2) is 0 Å². The number of carbonyl (C=O) groups excluding carboxylic acids is 2. The van der Waals surface area contributed by atoms with Crippen LogP contribution in [0.1, 0.15) is 32.3 Å². The molecule has 21 heavy (non-hydrogen) atoms. The van der Waals surface area contributed by atoms with E-state index >= 15 is 0 Å². The predicted molar refractivity (Wildman–Crippen MR) is 79.4 cm³/mol. The van der Waals surface area contributed by atoms with Crippen LogP contribution >= 0.6 is 0 Å². The van der Waals surface area contributed by atoms with Crippen LogP contribution in [0.2, 0.25) is 0 Å². The van der Waals surface area contributed by atoms with Gasteiger partial charge in [-0.05, 0) is 51.0 Å². The Morgan fingerprint density at radius 1 is 1.24 bits per heavy atom. The number of nitrogens with zero attached hydrogens (tertiary/aromatic N) is 2. The van der Waals surface area contributed by atoms with Crippen LogP contribution in [0.5, 0.6) is 0 Å². The maximum absolute atomic E-state index is 12.4. The van der Waals surface area contributed by atoms with Gasteiger partial charge in [-0.3, -0.25) is 9.59 Å². The fraction of sp³-hybridized carbons (Fsp3) is 0.438. The summed E-state index contributed by atoms with van der Waals surface area (Å²) in [6.07, 6.45) is 1.20. The third kappa shape index (κ3) is 2.89. The molecule has 1 aliphatic carbocycles. The Bertz CT molecular complexity index is 579. The Morgan fingerprint density at radius 3 is 2.24 bits per heavy atom. The summed E-state index contributed by atoms with van der Waals surface area (Å²) >= 11 is 0. The third-order valence-corrected chi connectivity index (χ3v) is 3.92. The van der Waals surface area contributed by atoms with Gasteiger partial charge in [0.1, 0.15) is 5.41 Å². The largest absolute Gasteiger partial charge is 0.342 e. The topological polar surface area (TPSA) is 73.2 Å². The number of hydrogen-bond acceptors (Lipinski definition) is 3. The molecule has 0 saturated heterocycles. The number of carbonyl (C=O) groups is 2. The molecule has 1 saturated carbocycles. The van der Waals surface area contributed by atoms with Gasteiger partial charge in [0.25, 0.3) is 0 Å². The van der Waals surface area contributed by atoms with E-state index in [4.69, 9.17) is 5.26 Å². The second-order valence-electron chi connectivity index (χ2n) is 5.20. The molecule has 5 nitrogen and oxygen atoms in total. The summed E-state index contributed by atoms with van der Waals surface area (Å²) in [7, 11) is 0. The zero-order chi connectivity index (χ0) is 15.5. The van der Waals surface area contributed by atoms with Crippen molar-refractivity contribution in [3.63, 3.8) is 0 Å². The molecule has 0 heterocycles. The van der Waals surface area contributed by atoms with Gasteiger partial charge in [-0.1, -0.05) is 0 Å². The van der Waals surface area contributed by atoms with Crippen molar-refractivity contribution < 1.29 is 9.59 Å². The van der Waals surface area contributed by atoms with Crippen LogP contribution in [-0.2, 0) is 9.59 Å². The SMILES string of the molecule is CCN(CC)C(=O)C1(C(=O)Nc2ccc(C#N)cc2)CC1. The van der Waals surface area contributed by atoms with Crippen molar-refractivity contribution in [2.24, 2.45) is 5.41 Å². The summed E-state index contributed by atoms with van der Waals surface area (Å²) < 4.78 is 0. The lowest BCUT2D eigenvalue weighted by Gasteiger charge is -2.24. The summed E-state index contributed by atoms with van der Waals surface area (Å²) in [5.41, 5.74) is 0.255. The Balaban J connectivity index is 2.09. The van der Waals surface area contributed by atoms with Crippen LogP contribution in [-0.4, -0.2) is 29.8 Å². The second kappa shape index (κ2) is 5.96. The maximum Gasteiger partial charge on any atom is 0.240 e. The number of nitriles is 1. The zero-order valence-electron chi connectivity index (χ0n) is 12.3. The van der Waals surface area contributed by atoms with E-state index in [1.54, 1.807) is 29.2 Å². The summed E-state index contributed by atoms with van der Waals surface area (Å²) in [6.45, 7) is 5.05. The molecular weight excluding hydrogens is 266 g/mol. The second-order valence-corrected chi connectivity index (χ2v) is 5.20. The molecule has 0 radical (unpaired) electrons. The molecule has 0 spiro atoms. The quantitative estimate of drug-likeness (QED) is 0.842. The van der Waals surface area contributed by atoms with Crippen molar-refractivity contribution in [3.8, 4) is 6.07 Å². The van der Waals surface area contributed by atoms with E-state index in [-0.39, 0.29) is 11.8 Å². The van der Waals surface area contributed by atoms with Gasteiger partial charge in [0.05, 0.1) is 11.6 Å². The van der Waals surface area contributed by atoms with Crippen molar-refractivity contribution in [1.29, 1.82) is 5.26 Å². The van der Waals surface area contributed by atoms with Crippen LogP contribution in [0, 0.1) is 16.7 Å². The molecule has 0 aliphatic heterocycles. The smallest absolute Gasteiger partial charge is 0.240 e.